The standard InChI is InChI=1S/C17H26N2O2/c1-3-21-16-7-4-14(5-8-16)6-9-17(20)19-11-10-15(18)12-13(19)2/h4-5,7-8,13,15H,3,6,9-12,18H2,1-2H3/t13-,15+/m0/s1. The van der Waals surface area contributed by atoms with Crippen LogP contribution in [-0.2, 0) is 11.2 Å². The second-order valence-corrected chi connectivity index (χ2v) is 5.80. The number of amides is 1. The van der Waals surface area contributed by atoms with E-state index in [0.717, 1.165) is 31.6 Å². The highest BCUT2D eigenvalue weighted by Gasteiger charge is 2.26. The van der Waals surface area contributed by atoms with Gasteiger partial charge in [-0.2, -0.15) is 0 Å². The SMILES string of the molecule is CCOc1ccc(CCC(=O)N2CC[C@@H](N)C[C@@H]2C)cc1. The summed E-state index contributed by atoms with van der Waals surface area (Å²) in [6, 6.07) is 8.51. The smallest absolute Gasteiger partial charge is 0.223 e. The Balaban J connectivity index is 1.83. The van der Waals surface area contributed by atoms with Crippen LogP contribution in [0.3, 0.4) is 0 Å². The third-order valence-corrected chi connectivity index (χ3v) is 4.10. The van der Waals surface area contributed by atoms with Gasteiger partial charge in [-0.3, -0.25) is 4.79 Å². The molecular formula is C17H26N2O2. The van der Waals surface area contributed by atoms with Gasteiger partial charge >= 0.3 is 0 Å². The van der Waals surface area contributed by atoms with Gasteiger partial charge in [0, 0.05) is 25.0 Å². The third kappa shape index (κ3) is 4.46. The summed E-state index contributed by atoms with van der Waals surface area (Å²) in [7, 11) is 0. The summed E-state index contributed by atoms with van der Waals surface area (Å²) < 4.78 is 5.42. The minimum absolute atomic E-state index is 0.239. The Morgan fingerprint density at radius 1 is 1.38 bits per heavy atom. The van der Waals surface area contributed by atoms with Crippen molar-refractivity contribution in [2.24, 2.45) is 5.73 Å². The predicted molar refractivity (Wildman–Crippen MR) is 84.3 cm³/mol. The summed E-state index contributed by atoms with van der Waals surface area (Å²) in [5.74, 6) is 1.12. The van der Waals surface area contributed by atoms with Crippen molar-refractivity contribution in [2.75, 3.05) is 13.2 Å². The normalized spacial score (nSPS) is 22.1. The number of carbonyl (C=O) groups excluding carboxylic acids is 1. The minimum atomic E-state index is 0.239. The van der Waals surface area contributed by atoms with Crippen molar-refractivity contribution < 1.29 is 9.53 Å². The molecule has 1 amide bonds. The average molecular weight is 290 g/mol. The van der Waals surface area contributed by atoms with Crippen molar-refractivity contribution in [3.05, 3.63) is 29.8 Å². The Hall–Kier alpha value is -1.55. The maximum atomic E-state index is 12.3. The number of hydrogen-bond donors (Lipinski definition) is 1. The van der Waals surface area contributed by atoms with Gasteiger partial charge in [0.05, 0.1) is 6.61 Å². The number of likely N-dealkylation sites (tertiary alicyclic amines) is 1. The molecule has 0 aliphatic carbocycles. The zero-order valence-electron chi connectivity index (χ0n) is 13.0. The first-order chi connectivity index (χ1) is 10.1. The van der Waals surface area contributed by atoms with Crippen molar-refractivity contribution in [3.63, 3.8) is 0 Å². The lowest BCUT2D eigenvalue weighted by atomic mass is 9.98. The van der Waals surface area contributed by atoms with Crippen LogP contribution in [0.1, 0.15) is 38.7 Å². The lowest BCUT2D eigenvalue weighted by Crippen LogP contribution is -2.48. The van der Waals surface area contributed by atoms with E-state index in [9.17, 15) is 4.79 Å². The molecule has 0 saturated carbocycles. The van der Waals surface area contributed by atoms with Crippen molar-refractivity contribution in [1.29, 1.82) is 0 Å². The van der Waals surface area contributed by atoms with E-state index in [1.54, 1.807) is 0 Å². The van der Waals surface area contributed by atoms with Crippen molar-refractivity contribution >= 4 is 5.91 Å². The van der Waals surface area contributed by atoms with Gasteiger partial charge in [0.15, 0.2) is 0 Å². The van der Waals surface area contributed by atoms with Crippen LogP contribution in [0.15, 0.2) is 24.3 Å². The van der Waals surface area contributed by atoms with Gasteiger partial charge in [-0.25, -0.2) is 0 Å². The quantitative estimate of drug-likeness (QED) is 0.905. The Morgan fingerprint density at radius 2 is 2.10 bits per heavy atom. The fourth-order valence-electron chi connectivity index (χ4n) is 2.89. The molecule has 0 unspecified atom stereocenters. The molecule has 1 aromatic carbocycles. The Bertz CT molecular complexity index is 458. The fourth-order valence-corrected chi connectivity index (χ4v) is 2.89. The van der Waals surface area contributed by atoms with Crippen LogP contribution >= 0.6 is 0 Å². The summed E-state index contributed by atoms with van der Waals surface area (Å²) in [5, 5.41) is 0. The molecule has 4 nitrogen and oxygen atoms in total. The van der Waals surface area contributed by atoms with Crippen LogP contribution in [0, 0.1) is 0 Å². The van der Waals surface area contributed by atoms with Gasteiger partial charge in [-0.15, -0.1) is 0 Å². The molecule has 1 aliphatic heterocycles. The molecule has 1 saturated heterocycles. The second kappa shape index (κ2) is 7.46. The number of hydrogen-bond acceptors (Lipinski definition) is 3. The van der Waals surface area contributed by atoms with E-state index in [1.165, 1.54) is 5.56 Å². The van der Waals surface area contributed by atoms with Crippen LogP contribution < -0.4 is 10.5 Å². The Morgan fingerprint density at radius 3 is 2.71 bits per heavy atom. The lowest BCUT2D eigenvalue weighted by molar-refractivity contribution is -0.134. The van der Waals surface area contributed by atoms with E-state index in [2.05, 4.69) is 6.92 Å². The van der Waals surface area contributed by atoms with Crippen LogP contribution in [0.2, 0.25) is 0 Å². The zero-order valence-corrected chi connectivity index (χ0v) is 13.0. The number of nitrogens with two attached hydrogens (primary N) is 1. The zero-order chi connectivity index (χ0) is 15.2. The molecule has 0 aromatic heterocycles. The summed E-state index contributed by atoms with van der Waals surface area (Å²) in [5.41, 5.74) is 7.12. The number of aryl methyl sites for hydroxylation is 1. The molecule has 2 rings (SSSR count). The molecule has 1 aromatic rings. The molecule has 116 valence electrons. The van der Waals surface area contributed by atoms with Gasteiger partial charge in [0.25, 0.3) is 0 Å². The number of rotatable bonds is 5. The molecule has 0 bridgehead atoms. The van der Waals surface area contributed by atoms with Crippen LogP contribution in [-0.4, -0.2) is 36.0 Å². The van der Waals surface area contributed by atoms with E-state index in [0.29, 0.717) is 13.0 Å². The maximum Gasteiger partial charge on any atom is 0.223 e. The Kier molecular flexibility index (Phi) is 5.62. The van der Waals surface area contributed by atoms with E-state index >= 15 is 0 Å². The molecule has 2 atom stereocenters. The number of ether oxygens (including phenoxy) is 1. The monoisotopic (exact) mass is 290 g/mol. The highest BCUT2D eigenvalue weighted by atomic mass is 16.5. The van der Waals surface area contributed by atoms with E-state index in [-0.39, 0.29) is 18.0 Å². The molecule has 0 spiro atoms. The molecule has 1 fully saturated rings. The van der Waals surface area contributed by atoms with Gasteiger partial charge in [0.2, 0.25) is 5.91 Å². The summed E-state index contributed by atoms with van der Waals surface area (Å²) in [6.07, 6.45) is 3.17. The molecule has 1 heterocycles. The number of nitrogens with zero attached hydrogens (tertiary/aromatic N) is 1. The van der Waals surface area contributed by atoms with E-state index in [1.807, 2.05) is 36.1 Å². The lowest BCUT2D eigenvalue weighted by Gasteiger charge is -2.36. The predicted octanol–water partition coefficient (Wildman–Crippen LogP) is 2.36. The minimum Gasteiger partial charge on any atom is -0.494 e. The number of carbonyl (C=O) groups is 1. The first-order valence-corrected chi connectivity index (χ1v) is 7.87. The third-order valence-electron chi connectivity index (χ3n) is 4.10. The van der Waals surface area contributed by atoms with Crippen LogP contribution in [0.25, 0.3) is 0 Å². The molecule has 4 heteroatoms. The van der Waals surface area contributed by atoms with Gasteiger partial charge < -0.3 is 15.4 Å². The first-order valence-electron chi connectivity index (χ1n) is 7.87. The largest absolute Gasteiger partial charge is 0.494 e. The van der Waals surface area contributed by atoms with E-state index in [4.69, 9.17) is 10.5 Å². The Labute approximate surface area is 127 Å². The second-order valence-electron chi connectivity index (χ2n) is 5.80. The number of benzene rings is 1. The highest BCUT2D eigenvalue weighted by molar-refractivity contribution is 5.76. The first kappa shape index (κ1) is 15.8. The molecule has 21 heavy (non-hydrogen) atoms. The summed E-state index contributed by atoms with van der Waals surface area (Å²) in [6.45, 7) is 5.53. The topological polar surface area (TPSA) is 55.6 Å². The van der Waals surface area contributed by atoms with E-state index < -0.39 is 0 Å². The molecule has 2 N–H and O–H groups in total. The average Bonchev–Trinajstić information content (AvgIpc) is 2.46. The van der Waals surface area contributed by atoms with Gasteiger partial charge in [0.1, 0.15) is 5.75 Å². The van der Waals surface area contributed by atoms with Crippen molar-refractivity contribution in [3.8, 4) is 5.75 Å². The molecule has 1 aliphatic rings. The van der Waals surface area contributed by atoms with Gasteiger partial charge in [-0.1, -0.05) is 12.1 Å². The number of piperidine rings is 1. The molecular weight excluding hydrogens is 264 g/mol. The summed E-state index contributed by atoms with van der Waals surface area (Å²) in [4.78, 5) is 14.3. The van der Waals surface area contributed by atoms with Crippen LogP contribution in [0.4, 0.5) is 0 Å². The molecule has 0 radical (unpaired) electrons. The fraction of sp³-hybridized carbons (Fsp3) is 0.588. The van der Waals surface area contributed by atoms with Gasteiger partial charge in [-0.05, 0) is 50.8 Å². The summed E-state index contributed by atoms with van der Waals surface area (Å²) >= 11 is 0. The van der Waals surface area contributed by atoms with Crippen LogP contribution in [0.5, 0.6) is 5.75 Å². The highest BCUT2D eigenvalue weighted by Crippen LogP contribution is 2.18. The van der Waals surface area contributed by atoms with Crippen molar-refractivity contribution in [1.82, 2.24) is 4.90 Å². The maximum absolute atomic E-state index is 12.3. The van der Waals surface area contributed by atoms with Crippen molar-refractivity contribution in [2.45, 2.75) is 51.6 Å².